The van der Waals surface area contributed by atoms with Gasteiger partial charge in [0, 0.05) is 23.1 Å². The van der Waals surface area contributed by atoms with E-state index in [9.17, 15) is 14.9 Å². The van der Waals surface area contributed by atoms with Crippen molar-refractivity contribution >= 4 is 39.5 Å². The molecule has 0 aliphatic carbocycles. The fraction of sp³-hybridized carbons (Fsp3) is 0.227. The van der Waals surface area contributed by atoms with Crippen LogP contribution >= 0.6 is 15.9 Å². The van der Waals surface area contributed by atoms with Gasteiger partial charge < -0.3 is 15.0 Å². The van der Waals surface area contributed by atoms with E-state index < -0.39 is 5.91 Å². The Labute approximate surface area is 177 Å². The summed E-state index contributed by atoms with van der Waals surface area (Å²) in [5.74, 6) is -0.141. The van der Waals surface area contributed by atoms with E-state index in [-0.39, 0.29) is 18.1 Å². The molecule has 1 N–H and O–H groups in total. The molecule has 2 amide bonds. The first-order valence-electron chi connectivity index (χ1n) is 9.26. The monoisotopic (exact) mass is 453 g/mol. The number of amides is 2. The normalized spacial score (nSPS) is 13.7. The van der Waals surface area contributed by atoms with E-state index in [2.05, 4.69) is 21.2 Å². The molecule has 7 heteroatoms. The molecule has 3 rings (SSSR count). The van der Waals surface area contributed by atoms with Crippen LogP contribution in [0.4, 0.5) is 5.69 Å². The van der Waals surface area contributed by atoms with Crippen LogP contribution in [0.5, 0.6) is 5.75 Å². The highest BCUT2D eigenvalue weighted by molar-refractivity contribution is 9.10. The molecule has 0 radical (unpaired) electrons. The van der Waals surface area contributed by atoms with Gasteiger partial charge in [-0.2, -0.15) is 5.26 Å². The van der Waals surface area contributed by atoms with Crippen molar-refractivity contribution < 1.29 is 14.3 Å². The number of carbonyl (C=O) groups excluding carboxylic acids is 2. The van der Waals surface area contributed by atoms with Crippen LogP contribution in [0.3, 0.4) is 0 Å². The van der Waals surface area contributed by atoms with Gasteiger partial charge in [-0.25, -0.2) is 0 Å². The van der Waals surface area contributed by atoms with Gasteiger partial charge in [-0.3, -0.25) is 9.59 Å². The largest absolute Gasteiger partial charge is 0.483 e. The summed E-state index contributed by atoms with van der Waals surface area (Å²) < 4.78 is 6.41. The van der Waals surface area contributed by atoms with E-state index in [1.807, 2.05) is 12.1 Å². The molecule has 0 atom stereocenters. The van der Waals surface area contributed by atoms with Crippen LogP contribution in [-0.4, -0.2) is 36.4 Å². The number of hydrogen-bond acceptors (Lipinski definition) is 4. The highest BCUT2D eigenvalue weighted by atomic mass is 79.9. The van der Waals surface area contributed by atoms with Crippen molar-refractivity contribution in [1.82, 2.24) is 4.90 Å². The van der Waals surface area contributed by atoms with Gasteiger partial charge in [-0.1, -0.05) is 30.3 Å². The average Bonchev–Trinajstić information content (AvgIpc) is 3.27. The number of nitrogens with zero attached hydrogens (tertiary/aromatic N) is 2. The van der Waals surface area contributed by atoms with Crippen molar-refractivity contribution in [2.24, 2.45) is 0 Å². The molecule has 6 nitrogen and oxygen atoms in total. The van der Waals surface area contributed by atoms with Crippen LogP contribution in [0.15, 0.2) is 58.6 Å². The Balaban J connectivity index is 1.73. The van der Waals surface area contributed by atoms with E-state index in [1.165, 1.54) is 6.08 Å². The zero-order valence-corrected chi connectivity index (χ0v) is 17.3. The molecule has 1 saturated heterocycles. The highest BCUT2D eigenvalue weighted by Crippen LogP contribution is 2.24. The van der Waals surface area contributed by atoms with Gasteiger partial charge in [0.05, 0.1) is 5.69 Å². The molecule has 0 spiro atoms. The zero-order valence-electron chi connectivity index (χ0n) is 15.7. The van der Waals surface area contributed by atoms with Gasteiger partial charge >= 0.3 is 0 Å². The molecule has 1 aliphatic rings. The summed E-state index contributed by atoms with van der Waals surface area (Å²) in [5.41, 5.74) is 1.06. The lowest BCUT2D eigenvalue weighted by Gasteiger charge is -2.16. The molecule has 1 fully saturated rings. The Morgan fingerprint density at radius 2 is 1.83 bits per heavy atom. The maximum Gasteiger partial charge on any atom is 0.266 e. The standard InChI is InChI=1S/C22H20BrN3O3/c23-18-8-2-3-9-19(18)25-22(28)17(14-24)13-16-7-1-4-10-20(16)29-15-21(27)26-11-5-6-12-26/h1-4,7-10,13H,5-6,11-12,15H2,(H,25,28). The minimum atomic E-state index is -0.526. The quantitative estimate of drug-likeness (QED) is 0.529. The van der Waals surface area contributed by atoms with E-state index in [0.29, 0.717) is 17.0 Å². The average molecular weight is 454 g/mol. The van der Waals surface area contributed by atoms with E-state index in [0.717, 1.165) is 30.4 Å². The van der Waals surface area contributed by atoms with Crippen LogP contribution in [0.25, 0.3) is 6.08 Å². The summed E-state index contributed by atoms with van der Waals surface area (Å²) in [5, 5.41) is 12.2. The molecule has 0 bridgehead atoms. The number of rotatable bonds is 6. The number of likely N-dealkylation sites (tertiary alicyclic amines) is 1. The summed E-state index contributed by atoms with van der Waals surface area (Å²) in [6.07, 6.45) is 3.49. The minimum absolute atomic E-state index is 0.0616. The maximum atomic E-state index is 12.5. The smallest absolute Gasteiger partial charge is 0.266 e. The van der Waals surface area contributed by atoms with Crippen molar-refractivity contribution in [2.45, 2.75) is 12.8 Å². The number of nitriles is 1. The molecule has 0 saturated carbocycles. The number of nitrogens with one attached hydrogen (secondary N) is 1. The predicted octanol–water partition coefficient (Wildman–Crippen LogP) is 4.00. The second-order valence-electron chi connectivity index (χ2n) is 6.52. The molecule has 0 unspecified atom stereocenters. The Kier molecular flexibility index (Phi) is 7.04. The zero-order chi connectivity index (χ0) is 20.6. The second-order valence-corrected chi connectivity index (χ2v) is 7.37. The number of hydrogen-bond donors (Lipinski definition) is 1. The van der Waals surface area contributed by atoms with Gasteiger partial charge in [0.1, 0.15) is 17.4 Å². The number of halogens is 1. The lowest BCUT2D eigenvalue weighted by molar-refractivity contribution is -0.132. The van der Waals surface area contributed by atoms with E-state index >= 15 is 0 Å². The van der Waals surface area contributed by atoms with Crippen molar-refractivity contribution in [3.05, 3.63) is 64.1 Å². The van der Waals surface area contributed by atoms with Crippen molar-refractivity contribution in [3.63, 3.8) is 0 Å². The fourth-order valence-electron chi connectivity index (χ4n) is 2.98. The fourth-order valence-corrected chi connectivity index (χ4v) is 3.37. The number of ether oxygens (including phenoxy) is 1. The van der Waals surface area contributed by atoms with Gasteiger partial charge in [-0.15, -0.1) is 0 Å². The van der Waals surface area contributed by atoms with Crippen LogP contribution in [0.1, 0.15) is 18.4 Å². The first-order valence-corrected chi connectivity index (χ1v) is 10.0. The molecular formula is C22H20BrN3O3. The maximum absolute atomic E-state index is 12.5. The molecule has 0 aromatic heterocycles. The molecule has 148 valence electrons. The van der Waals surface area contributed by atoms with Crippen molar-refractivity contribution in [3.8, 4) is 11.8 Å². The van der Waals surface area contributed by atoms with Gasteiger partial charge in [-0.05, 0) is 53.0 Å². The Morgan fingerprint density at radius 3 is 2.55 bits per heavy atom. The third-order valence-electron chi connectivity index (χ3n) is 4.52. The third kappa shape index (κ3) is 5.46. The van der Waals surface area contributed by atoms with Crippen LogP contribution in [0, 0.1) is 11.3 Å². The van der Waals surface area contributed by atoms with Crippen LogP contribution < -0.4 is 10.1 Å². The van der Waals surface area contributed by atoms with Crippen LogP contribution in [-0.2, 0) is 9.59 Å². The first kappa shape index (κ1) is 20.6. The lowest BCUT2D eigenvalue weighted by atomic mass is 10.1. The third-order valence-corrected chi connectivity index (χ3v) is 5.21. The minimum Gasteiger partial charge on any atom is -0.483 e. The first-order chi connectivity index (χ1) is 14.1. The molecule has 2 aromatic rings. The van der Waals surface area contributed by atoms with Gasteiger partial charge in [0.15, 0.2) is 6.61 Å². The molecule has 29 heavy (non-hydrogen) atoms. The SMILES string of the molecule is N#CC(=Cc1ccccc1OCC(=O)N1CCCC1)C(=O)Nc1ccccc1Br. The highest BCUT2D eigenvalue weighted by Gasteiger charge is 2.19. The lowest BCUT2D eigenvalue weighted by Crippen LogP contribution is -2.32. The van der Waals surface area contributed by atoms with E-state index in [1.54, 1.807) is 47.4 Å². The molecule has 1 heterocycles. The summed E-state index contributed by atoms with van der Waals surface area (Å²) in [4.78, 5) is 26.5. The second kappa shape index (κ2) is 9.89. The van der Waals surface area contributed by atoms with Gasteiger partial charge in [0.2, 0.25) is 0 Å². The number of carbonyl (C=O) groups is 2. The summed E-state index contributed by atoms with van der Waals surface area (Å²) in [6, 6.07) is 16.1. The Hall–Kier alpha value is -3.11. The molecular weight excluding hydrogens is 434 g/mol. The molecule has 2 aromatic carbocycles. The predicted molar refractivity (Wildman–Crippen MR) is 114 cm³/mol. The summed E-state index contributed by atoms with van der Waals surface area (Å²) in [7, 11) is 0. The summed E-state index contributed by atoms with van der Waals surface area (Å²) >= 11 is 3.36. The topological polar surface area (TPSA) is 82.4 Å². The number of benzene rings is 2. The number of anilines is 1. The Morgan fingerprint density at radius 1 is 1.14 bits per heavy atom. The van der Waals surface area contributed by atoms with Gasteiger partial charge in [0.25, 0.3) is 11.8 Å². The van der Waals surface area contributed by atoms with Crippen LogP contribution in [0.2, 0.25) is 0 Å². The number of para-hydroxylation sites is 2. The van der Waals surface area contributed by atoms with Crippen molar-refractivity contribution in [2.75, 3.05) is 25.0 Å². The van der Waals surface area contributed by atoms with E-state index in [4.69, 9.17) is 4.74 Å². The summed E-state index contributed by atoms with van der Waals surface area (Å²) in [6.45, 7) is 1.45. The van der Waals surface area contributed by atoms with Crippen molar-refractivity contribution in [1.29, 1.82) is 5.26 Å². The Bertz CT molecular complexity index is 975. The molecule has 1 aliphatic heterocycles.